The van der Waals surface area contributed by atoms with Crippen molar-refractivity contribution in [2.24, 2.45) is 7.05 Å². The lowest BCUT2D eigenvalue weighted by Crippen LogP contribution is -2.49. The van der Waals surface area contributed by atoms with Crippen LogP contribution in [0.25, 0.3) is 21.8 Å². The molecule has 28 heavy (non-hydrogen) atoms. The maximum absolute atomic E-state index is 13.2. The number of hydrogen-bond acceptors (Lipinski definition) is 4. The zero-order valence-corrected chi connectivity index (χ0v) is 15.7. The molecule has 0 radical (unpaired) electrons. The van der Waals surface area contributed by atoms with E-state index in [9.17, 15) is 4.79 Å². The van der Waals surface area contributed by atoms with Crippen molar-refractivity contribution in [3.63, 3.8) is 0 Å². The number of amides is 1. The van der Waals surface area contributed by atoms with Gasteiger partial charge >= 0.3 is 0 Å². The standard InChI is InChI=1S/C22H21N5O/c1-25-14-18(16-6-3-5-9-20(16)25)22(28)27-12-10-26(11-13-27)21-17-7-2-4-8-19(17)23-15-24-21/h2-9,14-15H,10-13H2,1H3. The van der Waals surface area contributed by atoms with Crippen LogP contribution in [0.2, 0.25) is 0 Å². The third kappa shape index (κ3) is 2.69. The number of piperazine rings is 1. The number of carbonyl (C=O) groups is 1. The lowest BCUT2D eigenvalue weighted by Gasteiger charge is -2.35. The first-order valence-corrected chi connectivity index (χ1v) is 9.50. The van der Waals surface area contributed by atoms with Gasteiger partial charge in [0.15, 0.2) is 0 Å². The molecule has 3 heterocycles. The molecule has 2 aromatic carbocycles. The molecule has 4 aromatic rings. The molecule has 0 spiro atoms. The van der Waals surface area contributed by atoms with Crippen LogP contribution in [-0.4, -0.2) is 51.5 Å². The van der Waals surface area contributed by atoms with Gasteiger partial charge in [0.2, 0.25) is 0 Å². The zero-order chi connectivity index (χ0) is 19.1. The van der Waals surface area contributed by atoms with Gasteiger partial charge < -0.3 is 14.4 Å². The fourth-order valence-corrected chi connectivity index (χ4v) is 4.05. The molecule has 1 fully saturated rings. The van der Waals surface area contributed by atoms with E-state index in [1.165, 1.54) is 0 Å². The SMILES string of the molecule is Cn1cc(C(=O)N2CCN(c3ncnc4ccccc34)CC2)c2ccccc21. The van der Waals surface area contributed by atoms with Crippen LogP contribution in [-0.2, 0) is 7.05 Å². The molecule has 0 bridgehead atoms. The van der Waals surface area contributed by atoms with Crippen LogP contribution in [0.3, 0.4) is 0 Å². The lowest BCUT2D eigenvalue weighted by molar-refractivity contribution is 0.0748. The molecular weight excluding hydrogens is 350 g/mol. The number of aryl methyl sites for hydroxylation is 1. The van der Waals surface area contributed by atoms with E-state index in [-0.39, 0.29) is 5.91 Å². The Morgan fingerprint density at radius 1 is 0.893 bits per heavy atom. The number of nitrogens with zero attached hydrogens (tertiary/aromatic N) is 5. The number of hydrogen-bond donors (Lipinski definition) is 0. The molecule has 0 atom stereocenters. The third-order valence-corrected chi connectivity index (χ3v) is 5.52. The van der Waals surface area contributed by atoms with Gasteiger partial charge in [-0.3, -0.25) is 4.79 Å². The van der Waals surface area contributed by atoms with Crippen molar-refractivity contribution in [3.8, 4) is 0 Å². The van der Waals surface area contributed by atoms with Crippen molar-refractivity contribution in [1.82, 2.24) is 19.4 Å². The van der Waals surface area contributed by atoms with E-state index >= 15 is 0 Å². The van der Waals surface area contributed by atoms with Crippen molar-refractivity contribution < 1.29 is 4.79 Å². The minimum Gasteiger partial charge on any atom is -0.352 e. The van der Waals surface area contributed by atoms with Gasteiger partial charge in [-0.15, -0.1) is 0 Å². The first kappa shape index (κ1) is 16.7. The Morgan fingerprint density at radius 3 is 2.43 bits per heavy atom. The van der Waals surface area contributed by atoms with E-state index in [1.54, 1.807) is 6.33 Å². The van der Waals surface area contributed by atoms with Gasteiger partial charge in [0.25, 0.3) is 5.91 Å². The van der Waals surface area contributed by atoms with Gasteiger partial charge in [0.1, 0.15) is 12.1 Å². The smallest absolute Gasteiger partial charge is 0.256 e. The predicted octanol–water partition coefficient (Wildman–Crippen LogP) is 3.08. The van der Waals surface area contributed by atoms with Gasteiger partial charge in [0, 0.05) is 55.7 Å². The molecule has 1 aliphatic heterocycles. The number of aromatic nitrogens is 3. The lowest BCUT2D eigenvalue weighted by atomic mass is 10.1. The molecule has 2 aromatic heterocycles. The van der Waals surface area contributed by atoms with E-state index in [2.05, 4.69) is 20.9 Å². The summed E-state index contributed by atoms with van der Waals surface area (Å²) >= 11 is 0. The van der Waals surface area contributed by atoms with Crippen LogP contribution < -0.4 is 4.90 Å². The van der Waals surface area contributed by atoms with Gasteiger partial charge in [-0.05, 0) is 18.2 Å². The van der Waals surface area contributed by atoms with E-state index in [1.807, 2.05) is 65.2 Å². The van der Waals surface area contributed by atoms with E-state index in [0.717, 1.165) is 46.3 Å². The first-order valence-electron chi connectivity index (χ1n) is 9.50. The van der Waals surface area contributed by atoms with Crippen LogP contribution in [0.4, 0.5) is 5.82 Å². The molecule has 0 unspecified atom stereocenters. The van der Waals surface area contributed by atoms with Gasteiger partial charge in [-0.1, -0.05) is 30.3 Å². The molecular formula is C22H21N5O. The second-order valence-electron chi connectivity index (χ2n) is 7.16. The topological polar surface area (TPSA) is 54.3 Å². The maximum atomic E-state index is 13.2. The van der Waals surface area contributed by atoms with Crippen LogP contribution in [0.5, 0.6) is 0 Å². The number of benzene rings is 2. The van der Waals surface area contributed by atoms with Crippen LogP contribution in [0.1, 0.15) is 10.4 Å². The number of para-hydroxylation sites is 2. The van der Waals surface area contributed by atoms with Crippen LogP contribution in [0.15, 0.2) is 61.1 Å². The highest BCUT2D eigenvalue weighted by Crippen LogP contribution is 2.25. The summed E-state index contributed by atoms with van der Waals surface area (Å²) in [6, 6.07) is 16.1. The summed E-state index contributed by atoms with van der Waals surface area (Å²) in [5.74, 6) is 1.05. The van der Waals surface area contributed by atoms with Crippen molar-refractivity contribution >= 4 is 33.5 Å². The van der Waals surface area contributed by atoms with Gasteiger partial charge in [-0.25, -0.2) is 9.97 Å². The Kier molecular flexibility index (Phi) is 3.97. The third-order valence-electron chi connectivity index (χ3n) is 5.52. The fraction of sp³-hybridized carbons (Fsp3) is 0.227. The first-order chi connectivity index (χ1) is 13.7. The molecule has 1 amide bonds. The molecule has 0 saturated carbocycles. The highest BCUT2D eigenvalue weighted by atomic mass is 16.2. The minimum atomic E-state index is 0.101. The van der Waals surface area contributed by atoms with Crippen molar-refractivity contribution in [2.75, 3.05) is 31.1 Å². The quantitative estimate of drug-likeness (QED) is 0.543. The van der Waals surface area contributed by atoms with E-state index in [4.69, 9.17) is 0 Å². The molecule has 6 heteroatoms. The summed E-state index contributed by atoms with van der Waals surface area (Å²) in [5, 5.41) is 2.07. The normalized spacial score (nSPS) is 14.8. The summed E-state index contributed by atoms with van der Waals surface area (Å²) in [7, 11) is 1.98. The van der Waals surface area contributed by atoms with Crippen molar-refractivity contribution in [3.05, 3.63) is 66.6 Å². The van der Waals surface area contributed by atoms with E-state index < -0.39 is 0 Å². The Balaban J connectivity index is 1.37. The largest absolute Gasteiger partial charge is 0.352 e. The molecule has 5 rings (SSSR count). The van der Waals surface area contributed by atoms with Gasteiger partial charge in [0.05, 0.1) is 11.1 Å². The van der Waals surface area contributed by atoms with Crippen LogP contribution in [0, 0.1) is 0 Å². The summed E-state index contributed by atoms with van der Waals surface area (Å²) in [4.78, 5) is 26.2. The highest BCUT2D eigenvalue weighted by molar-refractivity contribution is 6.07. The molecule has 1 aliphatic rings. The predicted molar refractivity (Wildman–Crippen MR) is 111 cm³/mol. The molecule has 0 aliphatic carbocycles. The van der Waals surface area contributed by atoms with Crippen LogP contribution >= 0.6 is 0 Å². The molecule has 6 nitrogen and oxygen atoms in total. The summed E-state index contributed by atoms with van der Waals surface area (Å²) in [5.41, 5.74) is 2.80. The average Bonchev–Trinajstić information content (AvgIpc) is 3.10. The second kappa shape index (κ2) is 6.64. The van der Waals surface area contributed by atoms with Gasteiger partial charge in [-0.2, -0.15) is 0 Å². The van der Waals surface area contributed by atoms with Crippen molar-refractivity contribution in [1.29, 1.82) is 0 Å². The molecule has 1 saturated heterocycles. The summed E-state index contributed by atoms with van der Waals surface area (Å²) < 4.78 is 2.02. The Morgan fingerprint density at radius 2 is 1.61 bits per heavy atom. The minimum absolute atomic E-state index is 0.101. The Labute approximate surface area is 163 Å². The number of fused-ring (bicyclic) bond motifs is 2. The molecule has 0 N–H and O–H groups in total. The van der Waals surface area contributed by atoms with E-state index in [0.29, 0.717) is 13.1 Å². The monoisotopic (exact) mass is 371 g/mol. The fourth-order valence-electron chi connectivity index (χ4n) is 4.05. The Bertz CT molecular complexity index is 1170. The number of anilines is 1. The zero-order valence-electron chi connectivity index (χ0n) is 15.7. The second-order valence-corrected chi connectivity index (χ2v) is 7.16. The highest BCUT2D eigenvalue weighted by Gasteiger charge is 2.25. The molecule has 140 valence electrons. The summed E-state index contributed by atoms with van der Waals surface area (Å²) in [6.07, 6.45) is 3.56. The number of rotatable bonds is 2. The maximum Gasteiger partial charge on any atom is 0.256 e. The Hall–Kier alpha value is -3.41. The summed E-state index contributed by atoms with van der Waals surface area (Å²) in [6.45, 7) is 2.88. The average molecular weight is 371 g/mol. The number of carbonyl (C=O) groups excluding carboxylic acids is 1. The van der Waals surface area contributed by atoms with Crippen molar-refractivity contribution in [2.45, 2.75) is 0 Å².